The summed E-state index contributed by atoms with van der Waals surface area (Å²) in [7, 11) is 0. The fourth-order valence-electron chi connectivity index (χ4n) is 3.41. The lowest BCUT2D eigenvalue weighted by atomic mass is 9.73. The molecule has 2 unspecified atom stereocenters. The third-order valence-corrected chi connectivity index (χ3v) is 5.08. The number of carbonyl (C=O) groups excluding carboxylic acids is 2. The highest BCUT2D eigenvalue weighted by Crippen LogP contribution is 2.34. The molecule has 2 N–H and O–H groups in total. The van der Waals surface area contributed by atoms with Crippen LogP contribution in [0.1, 0.15) is 36.0 Å². The van der Waals surface area contributed by atoms with Gasteiger partial charge in [-0.25, -0.2) is 0 Å². The molecule has 2 atom stereocenters. The molecule has 0 bridgehead atoms. The van der Waals surface area contributed by atoms with E-state index in [1.807, 2.05) is 18.2 Å². The Balaban J connectivity index is 1.48. The fraction of sp³-hybridized carbons (Fsp3) is 0.500. The van der Waals surface area contributed by atoms with Crippen molar-refractivity contribution in [2.75, 3.05) is 13.1 Å². The minimum absolute atomic E-state index is 0.0188. The summed E-state index contributed by atoms with van der Waals surface area (Å²) in [6.07, 6.45) is 2.63. The van der Waals surface area contributed by atoms with Crippen molar-refractivity contribution in [2.24, 2.45) is 11.8 Å². The first-order valence-electron chi connectivity index (χ1n) is 8.44. The Morgan fingerprint density at radius 1 is 0.958 bits per heavy atom. The van der Waals surface area contributed by atoms with E-state index in [1.54, 1.807) is 17.0 Å². The number of carboxylic acid groups (broad SMARTS) is 1. The first kappa shape index (κ1) is 16.5. The van der Waals surface area contributed by atoms with Crippen molar-refractivity contribution in [1.82, 2.24) is 10.2 Å². The SMILES string of the molecule is O=C(O)C1CCC1C(=O)NC1CCN(C(=O)c2ccccc2)CC1. The predicted molar refractivity (Wildman–Crippen MR) is 87.4 cm³/mol. The summed E-state index contributed by atoms with van der Waals surface area (Å²) in [6.45, 7) is 1.21. The van der Waals surface area contributed by atoms with Gasteiger partial charge in [0.05, 0.1) is 11.8 Å². The van der Waals surface area contributed by atoms with Crippen LogP contribution in [0.5, 0.6) is 0 Å². The second-order valence-corrected chi connectivity index (χ2v) is 6.57. The molecule has 2 amide bonds. The number of likely N-dealkylation sites (tertiary alicyclic amines) is 1. The number of benzene rings is 1. The number of amides is 2. The van der Waals surface area contributed by atoms with E-state index in [1.165, 1.54) is 0 Å². The van der Waals surface area contributed by atoms with Crippen LogP contribution in [0.15, 0.2) is 30.3 Å². The first-order valence-corrected chi connectivity index (χ1v) is 8.44. The Labute approximate surface area is 140 Å². The number of aliphatic carboxylic acids is 1. The molecule has 1 heterocycles. The molecule has 1 aromatic rings. The van der Waals surface area contributed by atoms with Crippen LogP contribution in [0, 0.1) is 11.8 Å². The number of nitrogens with one attached hydrogen (secondary N) is 1. The molecule has 3 rings (SSSR count). The number of hydrogen-bond acceptors (Lipinski definition) is 3. The number of piperidine rings is 1. The molecule has 0 spiro atoms. The molecular formula is C18H22N2O4. The lowest BCUT2D eigenvalue weighted by Crippen LogP contribution is -2.51. The van der Waals surface area contributed by atoms with Gasteiger partial charge >= 0.3 is 5.97 Å². The van der Waals surface area contributed by atoms with Gasteiger partial charge in [-0.2, -0.15) is 0 Å². The molecule has 6 heteroatoms. The van der Waals surface area contributed by atoms with Crippen molar-refractivity contribution in [1.29, 1.82) is 0 Å². The fourth-order valence-corrected chi connectivity index (χ4v) is 3.41. The van der Waals surface area contributed by atoms with Crippen LogP contribution in [0.4, 0.5) is 0 Å². The zero-order valence-electron chi connectivity index (χ0n) is 13.5. The monoisotopic (exact) mass is 330 g/mol. The lowest BCUT2D eigenvalue weighted by molar-refractivity contribution is -0.153. The van der Waals surface area contributed by atoms with Crippen LogP contribution >= 0.6 is 0 Å². The van der Waals surface area contributed by atoms with E-state index in [9.17, 15) is 14.4 Å². The molecule has 6 nitrogen and oxygen atoms in total. The van der Waals surface area contributed by atoms with E-state index in [4.69, 9.17) is 5.11 Å². The van der Waals surface area contributed by atoms with Gasteiger partial charge in [0.1, 0.15) is 0 Å². The van der Waals surface area contributed by atoms with Crippen molar-refractivity contribution >= 4 is 17.8 Å². The molecule has 2 fully saturated rings. The Morgan fingerprint density at radius 3 is 2.12 bits per heavy atom. The van der Waals surface area contributed by atoms with Crippen molar-refractivity contribution in [3.63, 3.8) is 0 Å². The summed E-state index contributed by atoms with van der Waals surface area (Å²) in [6, 6.07) is 9.20. The smallest absolute Gasteiger partial charge is 0.307 e. The van der Waals surface area contributed by atoms with Crippen molar-refractivity contribution in [3.05, 3.63) is 35.9 Å². The summed E-state index contributed by atoms with van der Waals surface area (Å²) < 4.78 is 0. The molecule has 24 heavy (non-hydrogen) atoms. The summed E-state index contributed by atoms with van der Waals surface area (Å²) in [5, 5.41) is 12.0. The highest BCUT2D eigenvalue weighted by Gasteiger charge is 2.42. The van der Waals surface area contributed by atoms with Crippen LogP contribution in [0.25, 0.3) is 0 Å². The van der Waals surface area contributed by atoms with E-state index < -0.39 is 17.8 Å². The predicted octanol–water partition coefficient (Wildman–Crippen LogP) is 1.52. The molecule has 1 aliphatic carbocycles. The van der Waals surface area contributed by atoms with Gasteiger partial charge in [-0.05, 0) is 37.8 Å². The first-order chi connectivity index (χ1) is 11.6. The third kappa shape index (κ3) is 3.42. The van der Waals surface area contributed by atoms with Crippen LogP contribution in [-0.4, -0.2) is 46.9 Å². The number of carboxylic acids is 1. The molecule has 1 saturated heterocycles. The molecular weight excluding hydrogens is 308 g/mol. The van der Waals surface area contributed by atoms with E-state index in [-0.39, 0.29) is 17.9 Å². The van der Waals surface area contributed by atoms with Gasteiger partial charge in [-0.1, -0.05) is 18.2 Å². The largest absolute Gasteiger partial charge is 0.481 e. The Hall–Kier alpha value is -2.37. The molecule has 1 aromatic carbocycles. The maximum atomic E-state index is 12.4. The summed E-state index contributed by atoms with van der Waals surface area (Å²) in [4.78, 5) is 37.4. The van der Waals surface area contributed by atoms with Gasteiger partial charge in [-0.15, -0.1) is 0 Å². The second-order valence-electron chi connectivity index (χ2n) is 6.57. The lowest BCUT2D eigenvalue weighted by Gasteiger charge is -2.36. The quantitative estimate of drug-likeness (QED) is 0.876. The topological polar surface area (TPSA) is 86.7 Å². The minimum atomic E-state index is -0.885. The number of rotatable bonds is 4. The number of carbonyl (C=O) groups is 3. The Bertz CT molecular complexity index is 623. The normalized spacial score (nSPS) is 24.1. The Morgan fingerprint density at radius 2 is 1.58 bits per heavy atom. The highest BCUT2D eigenvalue weighted by atomic mass is 16.4. The molecule has 0 aromatic heterocycles. The van der Waals surface area contributed by atoms with Crippen molar-refractivity contribution in [2.45, 2.75) is 31.7 Å². The maximum absolute atomic E-state index is 12.4. The summed E-state index contributed by atoms with van der Waals surface area (Å²) in [5.74, 6) is -1.95. The van der Waals surface area contributed by atoms with Crippen molar-refractivity contribution < 1.29 is 19.5 Å². The van der Waals surface area contributed by atoms with Crippen LogP contribution in [0.3, 0.4) is 0 Å². The Kier molecular flexibility index (Phi) is 4.83. The standard InChI is InChI=1S/C18H22N2O4/c21-16(14-6-7-15(14)18(23)24)19-13-8-10-20(11-9-13)17(22)12-4-2-1-3-5-12/h1-5,13-15H,6-11H2,(H,19,21)(H,23,24). The molecule has 1 saturated carbocycles. The van der Waals surface area contributed by atoms with E-state index in [2.05, 4.69) is 5.32 Å². The van der Waals surface area contributed by atoms with Gasteiger partial charge in [-0.3, -0.25) is 14.4 Å². The zero-order chi connectivity index (χ0) is 17.1. The minimum Gasteiger partial charge on any atom is -0.481 e. The maximum Gasteiger partial charge on any atom is 0.307 e. The molecule has 2 aliphatic rings. The molecule has 0 radical (unpaired) electrons. The van der Waals surface area contributed by atoms with E-state index in [0.29, 0.717) is 44.3 Å². The van der Waals surface area contributed by atoms with E-state index >= 15 is 0 Å². The second kappa shape index (κ2) is 7.03. The van der Waals surface area contributed by atoms with E-state index in [0.717, 1.165) is 0 Å². The van der Waals surface area contributed by atoms with Crippen molar-refractivity contribution in [3.8, 4) is 0 Å². The van der Waals surface area contributed by atoms with Gasteiger partial charge in [0, 0.05) is 24.7 Å². The third-order valence-electron chi connectivity index (χ3n) is 5.08. The summed E-state index contributed by atoms with van der Waals surface area (Å²) in [5.41, 5.74) is 0.679. The number of nitrogens with zero attached hydrogens (tertiary/aromatic N) is 1. The van der Waals surface area contributed by atoms with Crippen LogP contribution in [-0.2, 0) is 9.59 Å². The van der Waals surface area contributed by atoms with Gasteiger partial charge in [0.15, 0.2) is 0 Å². The highest BCUT2D eigenvalue weighted by molar-refractivity contribution is 5.94. The van der Waals surface area contributed by atoms with Crippen LogP contribution < -0.4 is 5.32 Å². The van der Waals surface area contributed by atoms with Gasteiger partial charge in [0.25, 0.3) is 5.91 Å². The van der Waals surface area contributed by atoms with Gasteiger partial charge in [0.2, 0.25) is 5.91 Å². The molecule has 1 aliphatic heterocycles. The number of hydrogen-bond donors (Lipinski definition) is 2. The molecule has 128 valence electrons. The average Bonchev–Trinajstić information content (AvgIpc) is 2.54. The summed E-state index contributed by atoms with van der Waals surface area (Å²) >= 11 is 0. The average molecular weight is 330 g/mol. The van der Waals surface area contributed by atoms with Gasteiger partial charge < -0.3 is 15.3 Å². The zero-order valence-corrected chi connectivity index (χ0v) is 13.5. The van der Waals surface area contributed by atoms with Crippen LogP contribution in [0.2, 0.25) is 0 Å².